The van der Waals surface area contributed by atoms with Crippen LogP contribution >= 0.6 is 0 Å². The molecule has 1 fully saturated rings. The van der Waals surface area contributed by atoms with Crippen LogP contribution in [0.25, 0.3) is 0 Å². The average Bonchev–Trinajstić information content (AvgIpc) is 2.57. The first-order valence-electron chi connectivity index (χ1n) is 6.06. The molecule has 0 bridgehead atoms. The fourth-order valence-corrected chi connectivity index (χ4v) is 2.09. The molecule has 0 radical (unpaired) electrons. The Balaban J connectivity index is 2.67. The van der Waals surface area contributed by atoms with Gasteiger partial charge >= 0.3 is 5.97 Å². The molecule has 1 aliphatic heterocycles. The van der Waals surface area contributed by atoms with E-state index in [4.69, 9.17) is 10.8 Å². The standard InChI is InChI=1S/C12H22N2O4/c1-12(2,3)10(13)9(16)6-14-5-7(15)4-8(14)11(17)18/h7-8,10,15H,4-6,13H2,1-3H3,(H,17,18)/t7-,8+,10-/m1/s1. The van der Waals surface area contributed by atoms with E-state index in [9.17, 15) is 14.7 Å². The van der Waals surface area contributed by atoms with Crippen LogP contribution in [0.5, 0.6) is 0 Å². The number of nitrogens with two attached hydrogens (primary N) is 1. The number of ketones is 1. The highest BCUT2D eigenvalue weighted by Gasteiger charge is 2.38. The maximum atomic E-state index is 12.0. The molecule has 6 heteroatoms. The largest absolute Gasteiger partial charge is 0.480 e. The molecule has 104 valence electrons. The van der Waals surface area contributed by atoms with Crippen LogP contribution in [0.2, 0.25) is 0 Å². The molecular formula is C12H22N2O4. The third kappa shape index (κ3) is 3.51. The molecule has 0 amide bonds. The second-order valence-corrected chi connectivity index (χ2v) is 5.98. The maximum Gasteiger partial charge on any atom is 0.321 e. The minimum Gasteiger partial charge on any atom is -0.480 e. The molecule has 6 nitrogen and oxygen atoms in total. The van der Waals surface area contributed by atoms with Crippen molar-refractivity contribution in [3.8, 4) is 0 Å². The smallest absolute Gasteiger partial charge is 0.321 e. The molecule has 4 N–H and O–H groups in total. The van der Waals surface area contributed by atoms with Gasteiger partial charge in [0.25, 0.3) is 0 Å². The molecule has 3 atom stereocenters. The molecule has 0 aliphatic carbocycles. The van der Waals surface area contributed by atoms with Gasteiger partial charge in [-0.15, -0.1) is 0 Å². The first kappa shape index (κ1) is 15.1. The number of carboxylic acid groups (broad SMARTS) is 1. The fraction of sp³-hybridized carbons (Fsp3) is 0.833. The first-order chi connectivity index (χ1) is 8.12. The van der Waals surface area contributed by atoms with Crippen LogP contribution in [0.1, 0.15) is 27.2 Å². The summed E-state index contributed by atoms with van der Waals surface area (Å²) in [7, 11) is 0. The lowest BCUT2D eigenvalue weighted by Crippen LogP contribution is -2.49. The predicted octanol–water partition coefficient (Wildman–Crippen LogP) is -0.551. The number of hydrogen-bond donors (Lipinski definition) is 3. The molecule has 1 rings (SSSR count). The second kappa shape index (κ2) is 5.34. The van der Waals surface area contributed by atoms with E-state index in [-0.39, 0.29) is 30.7 Å². The Labute approximate surface area is 107 Å². The van der Waals surface area contributed by atoms with Crippen molar-refractivity contribution in [1.29, 1.82) is 0 Å². The summed E-state index contributed by atoms with van der Waals surface area (Å²) in [6, 6.07) is -1.43. The van der Waals surface area contributed by atoms with E-state index < -0.39 is 24.2 Å². The number of aliphatic carboxylic acids is 1. The van der Waals surface area contributed by atoms with Gasteiger partial charge in [-0.05, 0) is 5.41 Å². The third-order valence-electron chi connectivity index (χ3n) is 3.31. The Kier molecular flexibility index (Phi) is 4.47. The molecule has 1 saturated heterocycles. The van der Waals surface area contributed by atoms with Gasteiger partial charge in [-0.3, -0.25) is 14.5 Å². The molecule has 18 heavy (non-hydrogen) atoms. The maximum absolute atomic E-state index is 12.0. The van der Waals surface area contributed by atoms with Crippen molar-refractivity contribution in [1.82, 2.24) is 4.90 Å². The Morgan fingerprint density at radius 3 is 2.44 bits per heavy atom. The molecule has 0 aromatic carbocycles. The lowest BCUT2D eigenvalue weighted by Gasteiger charge is -2.28. The Morgan fingerprint density at radius 2 is 2.00 bits per heavy atom. The minimum atomic E-state index is -1.01. The number of β-amino-alcohol motifs (C(OH)–C–C–N with tert-alkyl or cyclic N) is 1. The van der Waals surface area contributed by atoms with E-state index in [0.29, 0.717) is 0 Å². The van der Waals surface area contributed by atoms with Gasteiger partial charge < -0.3 is 15.9 Å². The fourth-order valence-electron chi connectivity index (χ4n) is 2.09. The predicted molar refractivity (Wildman–Crippen MR) is 66.1 cm³/mol. The molecule has 1 heterocycles. The van der Waals surface area contributed by atoms with Crippen LogP contribution in [0.3, 0.4) is 0 Å². The van der Waals surface area contributed by atoms with Crippen molar-refractivity contribution in [3.05, 3.63) is 0 Å². The van der Waals surface area contributed by atoms with Gasteiger partial charge in [0.2, 0.25) is 0 Å². The first-order valence-corrected chi connectivity index (χ1v) is 6.06. The van der Waals surface area contributed by atoms with E-state index in [2.05, 4.69) is 0 Å². The summed E-state index contributed by atoms with van der Waals surface area (Å²) < 4.78 is 0. The van der Waals surface area contributed by atoms with Crippen molar-refractivity contribution in [2.45, 2.75) is 45.4 Å². The summed E-state index contributed by atoms with van der Waals surface area (Å²) in [5, 5.41) is 18.5. The molecule has 1 aliphatic rings. The molecule has 0 aromatic rings. The monoisotopic (exact) mass is 258 g/mol. The van der Waals surface area contributed by atoms with Crippen LogP contribution in [0.15, 0.2) is 0 Å². The van der Waals surface area contributed by atoms with Gasteiger partial charge in [-0.1, -0.05) is 20.8 Å². The van der Waals surface area contributed by atoms with Gasteiger partial charge in [-0.2, -0.15) is 0 Å². The number of Topliss-reactive ketones (excluding diaryl/α,β-unsaturated/α-hetero) is 1. The highest BCUT2D eigenvalue weighted by atomic mass is 16.4. The summed E-state index contributed by atoms with van der Waals surface area (Å²) >= 11 is 0. The summed E-state index contributed by atoms with van der Waals surface area (Å²) in [5.74, 6) is -1.20. The zero-order valence-electron chi connectivity index (χ0n) is 11.1. The Morgan fingerprint density at radius 1 is 1.44 bits per heavy atom. The van der Waals surface area contributed by atoms with Crippen LogP contribution in [-0.2, 0) is 9.59 Å². The molecule has 0 aromatic heterocycles. The average molecular weight is 258 g/mol. The quantitative estimate of drug-likeness (QED) is 0.625. The van der Waals surface area contributed by atoms with Gasteiger partial charge in [0.05, 0.1) is 18.7 Å². The number of likely N-dealkylation sites (tertiary alicyclic amines) is 1. The number of nitrogens with zero attached hydrogens (tertiary/aromatic N) is 1. The number of carboxylic acids is 1. The topological polar surface area (TPSA) is 104 Å². The highest BCUT2D eigenvalue weighted by Crippen LogP contribution is 2.21. The van der Waals surface area contributed by atoms with Crippen LogP contribution in [0, 0.1) is 5.41 Å². The number of aliphatic hydroxyl groups excluding tert-OH is 1. The van der Waals surface area contributed by atoms with Gasteiger partial charge in [0.15, 0.2) is 5.78 Å². The van der Waals surface area contributed by atoms with Crippen molar-refractivity contribution >= 4 is 11.8 Å². The Hall–Kier alpha value is -0.980. The minimum absolute atomic E-state index is 0.0214. The van der Waals surface area contributed by atoms with Gasteiger partial charge in [0.1, 0.15) is 6.04 Å². The number of rotatable bonds is 4. The van der Waals surface area contributed by atoms with Crippen molar-refractivity contribution in [2.24, 2.45) is 11.1 Å². The van der Waals surface area contributed by atoms with E-state index in [1.165, 1.54) is 4.90 Å². The third-order valence-corrected chi connectivity index (χ3v) is 3.31. The summed E-state index contributed by atoms with van der Waals surface area (Å²) in [5.41, 5.74) is 5.49. The molecular weight excluding hydrogens is 236 g/mol. The summed E-state index contributed by atoms with van der Waals surface area (Å²) in [6.45, 7) is 5.78. The molecule has 0 spiro atoms. The van der Waals surface area contributed by atoms with E-state index in [0.717, 1.165) is 0 Å². The summed E-state index contributed by atoms with van der Waals surface area (Å²) in [6.07, 6.45) is -0.530. The lowest BCUT2D eigenvalue weighted by atomic mass is 9.84. The van der Waals surface area contributed by atoms with Gasteiger partial charge in [0, 0.05) is 13.0 Å². The second-order valence-electron chi connectivity index (χ2n) is 5.98. The zero-order chi connectivity index (χ0) is 14.1. The van der Waals surface area contributed by atoms with Crippen molar-refractivity contribution in [3.63, 3.8) is 0 Å². The van der Waals surface area contributed by atoms with Crippen LogP contribution < -0.4 is 5.73 Å². The molecule has 0 unspecified atom stereocenters. The van der Waals surface area contributed by atoms with Gasteiger partial charge in [-0.25, -0.2) is 0 Å². The zero-order valence-corrected chi connectivity index (χ0v) is 11.1. The van der Waals surface area contributed by atoms with Crippen LogP contribution in [0.4, 0.5) is 0 Å². The number of aliphatic hydroxyl groups is 1. The number of carbonyl (C=O) groups excluding carboxylic acids is 1. The highest BCUT2D eigenvalue weighted by molar-refractivity contribution is 5.87. The normalized spacial score (nSPS) is 27.2. The number of carbonyl (C=O) groups is 2. The van der Waals surface area contributed by atoms with Crippen molar-refractivity contribution < 1.29 is 19.8 Å². The lowest BCUT2D eigenvalue weighted by molar-refractivity contribution is -0.142. The van der Waals surface area contributed by atoms with E-state index >= 15 is 0 Å². The molecule has 0 saturated carbocycles. The number of hydrogen-bond acceptors (Lipinski definition) is 5. The van der Waals surface area contributed by atoms with Crippen LogP contribution in [-0.4, -0.2) is 58.1 Å². The Bertz CT molecular complexity index is 337. The summed E-state index contributed by atoms with van der Waals surface area (Å²) in [4.78, 5) is 24.5. The van der Waals surface area contributed by atoms with E-state index in [1.54, 1.807) is 0 Å². The van der Waals surface area contributed by atoms with Crippen molar-refractivity contribution in [2.75, 3.05) is 13.1 Å². The SMILES string of the molecule is CC(C)(C)[C@H](N)C(=O)CN1C[C@H](O)C[C@H]1C(=O)O. The van der Waals surface area contributed by atoms with E-state index in [1.807, 2.05) is 20.8 Å².